The number of nitrogens with zero attached hydrogens (tertiary/aromatic N) is 1. The van der Waals surface area contributed by atoms with Crippen molar-refractivity contribution in [2.45, 2.75) is 64.3 Å². The van der Waals surface area contributed by atoms with Gasteiger partial charge in [0.05, 0.1) is 6.61 Å². The van der Waals surface area contributed by atoms with Crippen LogP contribution in [-0.2, 0) is 14.3 Å². The van der Waals surface area contributed by atoms with E-state index >= 15 is 0 Å². The van der Waals surface area contributed by atoms with E-state index in [-0.39, 0.29) is 13.0 Å². The lowest BCUT2D eigenvalue weighted by Crippen LogP contribution is -2.44. The maximum absolute atomic E-state index is 12.0. The number of rotatable bonds is 4. The van der Waals surface area contributed by atoms with Gasteiger partial charge in [0.25, 0.3) is 0 Å². The number of amides is 1. The third-order valence-electron chi connectivity index (χ3n) is 3.00. The van der Waals surface area contributed by atoms with Crippen LogP contribution in [0.5, 0.6) is 0 Å². The molecular formula is C14H22F3NO4. The molecule has 1 amide bonds. The summed E-state index contributed by atoms with van der Waals surface area (Å²) < 4.78 is 46.0. The van der Waals surface area contributed by atoms with Crippen LogP contribution >= 0.6 is 0 Å². The molecule has 1 aliphatic heterocycles. The number of hydrogen-bond donors (Lipinski definition) is 0. The highest BCUT2D eigenvalue weighted by molar-refractivity contribution is 5.82. The first-order valence-corrected chi connectivity index (χ1v) is 7.22. The summed E-state index contributed by atoms with van der Waals surface area (Å²) in [5.74, 6) is -0.675. The molecule has 0 aromatic rings. The quantitative estimate of drug-likeness (QED) is 0.588. The maximum atomic E-state index is 12.0. The Morgan fingerprint density at radius 3 is 2.41 bits per heavy atom. The minimum Gasteiger partial charge on any atom is -0.464 e. The van der Waals surface area contributed by atoms with Gasteiger partial charge in [-0.15, -0.1) is 0 Å². The van der Waals surface area contributed by atoms with Crippen LogP contribution in [0.4, 0.5) is 18.0 Å². The van der Waals surface area contributed by atoms with E-state index in [0.29, 0.717) is 19.4 Å². The number of carbonyl (C=O) groups excluding carboxylic acids is 2. The van der Waals surface area contributed by atoms with Crippen LogP contribution in [0.3, 0.4) is 0 Å². The van der Waals surface area contributed by atoms with Crippen molar-refractivity contribution in [1.82, 2.24) is 4.90 Å². The van der Waals surface area contributed by atoms with Gasteiger partial charge in [0.1, 0.15) is 11.6 Å². The topological polar surface area (TPSA) is 55.8 Å². The Hall–Kier alpha value is -1.47. The van der Waals surface area contributed by atoms with Gasteiger partial charge in [-0.2, -0.15) is 13.2 Å². The summed E-state index contributed by atoms with van der Waals surface area (Å²) in [6.07, 6.45) is -5.10. The molecule has 0 N–H and O–H groups in total. The van der Waals surface area contributed by atoms with Gasteiger partial charge < -0.3 is 9.47 Å². The van der Waals surface area contributed by atoms with Crippen LogP contribution in [0, 0.1) is 0 Å². The highest BCUT2D eigenvalue weighted by Crippen LogP contribution is 2.23. The normalized spacial score (nSPS) is 19.2. The molecule has 1 saturated heterocycles. The predicted molar refractivity (Wildman–Crippen MR) is 72.2 cm³/mol. The SMILES string of the molecule is CC(C)(C)OC(=O)N1CCCC1C(=O)OCCCC(F)(F)F. The first-order valence-electron chi connectivity index (χ1n) is 7.22. The molecule has 0 aromatic heterocycles. The van der Waals surface area contributed by atoms with Crippen LogP contribution < -0.4 is 0 Å². The predicted octanol–water partition coefficient (Wildman–Crippen LogP) is 3.27. The molecule has 0 bridgehead atoms. The van der Waals surface area contributed by atoms with Gasteiger partial charge in [0.15, 0.2) is 0 Å². The minimum atomic E-state index is -4.26. The number of alkyl halides is 3. The molecule has 1 fully saturated rings. The second kappa shape index (κ2) is 7.19. The molecule has 128 valence electrons. The highest BCUT2D eigenvalue weighted by Gasteiger charge is 2.37. The molecule has 1 rings (SSSR count). The molecule has 0 spiro atoms. The summed E-state index contributed by atoms with van der Waals surface area (Å²) in [6.45, 7) is 5.20. The summed E-state index contributed by atoms with van der Waals surface area (Å²) in [4.78, 5) is 25.2. The zero-order chi connectivity index (χ0) is 17.0. The van der Waals surface area contributed by atoms with E-state index in [4.69, 9.17) is 9.47 Å². The summed E-state index contributed by atoms with van der Waals surface area (Å²) in [5.41, 5.74) is -0.680. The standard InChI is InChI=1S/C14H22F3NO4/c1-13(2,3)22-12(20)18-8-4-6-10(18)11(19)21-9-5-7-14(15,16)17/h10H,4-9H2,1-3H3. The van der Waals surface area contributed by atoms with Crippen molar-refractivity contribution in [3.8, 4) is 0 Å². The van der Waals surface area contributed by atoms with Crippen LogP contribution in [0.1, 0.15) is 46.5 Å². The molecule has 1 unspecified atom stereocenters. The van der Waals surface area contributed by atoms with E-state index < -0.39 is 36.3 Å². The Bertz CT molecular complexity index is 404. The van der Waals surface area contributed by atoms with Gasteiger partial charge >= 0.3 is 18.2 Å². The lowest BCUT2D eigenvalue weighted by molar-refractivity contribution is -0.154. The van der Waals surface area contributed by atoms with Crippen molar-refractivity contribution in [2.75, 3.05) is 13.2 Å². The first-order chi connectivity index (χ1) is 9.99. The fourth-order valence-corrected chi connectivity index (χ4v) is 2.09. The second-order valence-electron chi connectivity index (χ2n) is 6.22. The van der Waals surface area contributed by atoms with Crippen molar-refractivity contribution in [2.24, 2.45) is 0 Å². The Morgan fingerprint density at radius 2 is 1.86 bits per heavy atom. The fraction of sp³-hybridized carbons (Fsp3) is 0.857. The lowest BCUT2D eigenvalue weighted by atomic mass is 10.2. The van der Waals surface area contributed by atoms with E-state index in [1.54, 1.807) is 20.8 Å². The molecule has 22 heavy (non-hydrogen) atoms. The van der Waals surface area contributed by atoms with Gasteiger partial charge in [-0.3, -0.25) is 4.90 Å². The van der Waals surface area contributed by atoms with Crippen molar-refractivity contribution >= 4 is 12.1 Å². The summed E-state index contributed by atoms with van der Waals surface area (Å²) in [7, 11) is 0. The number of hydrogen-bond acceptors (Lipinski definition) is 4. The average Bonchev–Trinajstić information content (AvgIpc) is 2.80. The Balaban J connectivity index is 2.45. The number of esters is 1. The van der Waals surface area contributed by atoms with Gasteiger partial charge in [0, 0.05) is 13.0 Å². The third kappa shape index (κ3) is 6.53. The lowest BCUT2D eigenvalue weighted by Gasteiger charge is -2.27. The van der Waals surface area contributed by atoms with Gasteiger partial charge in [-0.25, -0.2) is 9.59 Å². The minimum absolute atomic E-state index is 0.283. The molecule has 1 aliphatic rings. The van der Waals surface area contributed by atoms with E-state index in [1.165, 1.54) is 4.90 Å². The van der Waals surface area contributed by atoms with Crippen LogP contribution in [0.2, 0.25) is 0 Å². The van der Waals surface area contributed by atoms with Gasteiger partial charge in [-0.1, -0.05) is 0 Å². The third-order valence-corrected chi connectivity index (χ3v) is 3.00. The molecule has 0 saturated carbocycles. The van der Waals surface area contributed by atoms with Gasteiger partial charge in [-0.05, 0) is 40.0 Å². The molecule has 0 radical (unpaired) electrons. The van der Waals surface area contributed by atoms with Gasteiger partial charge in [0.2, 0.25) is 0 Å². The van der Waals surface area contributed by atoms with E-state index in [9.17, 15) is 22.8 Å². The van der Waals surface area contributed by atoms with Crippen molar-refractivity contribution in [1.29, 1.82) is 0 Å². The molecule has 0 aromatic carbocycles. The zero-order valence-corrected chi connectivity index (χ0v) is 13.0. The van der Waals surface area contributed by atoms with Crippen molar-refractivity contribution in [3.05, 3.63) is 0 Å². The van der Waals surface area contributed by atoms with E-state index in [2.05, 4.69) is 0 Å². The van der Waals surface area contributed by atoms with E-state index in [1.807, 2.05) is 0 Å². The van der Waals surface area contributed by atoms with Crippen molar-refractivity contribution < 1.29 is 32.2 Å². The molecule has 1 atom stereocenters. The smallest absolute Gasteiger partial charge is 0.411 e. The number of ether oxygens (including phenoxy) is 2. The fourth-order valence-electron chi connectivity index (χ4n) is 2.09. The highest BCUT2D eigenvalue weighted by atomic mass is 19.4. The molecular weight excluding hydrogens is 303 g/mol. The Labute approximate surface area is 127 Å². The van der Waals surface area contributed by atoms with E-state index in [0.717, 1.165) is 0 Å². The Kier molecular flexibility index (Phi) is 6.08. The van der Waals surface area contributed by atoms with Crippen LogP contribution in [0.15, 0.2) is 0 Å². The number of halogens is 3. The number of likely N-dealkylation sites (tertiary alicyclic amines) is 1. The summed E-state index contributed by atoms with van der Waals surface area (Å²) in [5, 5.41) is 0. The summed E-state index contributed by atoms with van der Waals surface area (Å²) >= 11 is 0. The maximum Gasteiger partial charge on any atom is 0.411 e. The molecule has 1 heterocycles. The molecule has 5 nitrogen and oxygen atoms in total. The number of carbonyl (C=O) groups is 2. The summed E-state index contributed by atoms with van der Waals surface area (Å²) in [6, 6.07) is -0.777. The average molecular weight is 325 g/mol. The largest absolute Gasteiger partial charge is 0.464 e. The monoisotopic (exact) mass is 325 g/mol. The first kappa shape index (κ1) is 18.6. The van der Waals surface area contributed by atoms with Crippen LogP contribution in [0.25, 0.3) is 0 Å². The molecule has 0 aliphatic carbocycles. The van der Waals surface area contributed by atoms with Crippen LogP contribution in [-0.4, -0.2) is 47.9 Å². The molecule has 8 heteroatoms. The Morgan fingerprint density at radius 1 is 1.23 bits per heavy atom. The second-order valence-corrected chi connectivity index (χ2v) is 6.22. The zero-order valence-electron chi connectivity index (χ0n) is 13.0. The van der Waals surface area contributed by atoms with Crippen molar-refractivity contribution in [3.63, 3.8) is 0 Å².